The van der Waals surface area contributed by atoms with Gasteiger partial charge in [0.05, 0.1) is 15.7 Å². The number of hydrogen-bond acceptors (Lipinski definition) is 4. The number of nitrogens with zero attached hydrogens (tertiary/aromatic N) is 5. The zero-order valence-corrected chi connectivity index (χ0v) is 18.9. The fourth-order valence-corrected chi connectivity index (χ4v) is 4.12. The predicted molar refractivity (Wildman–Crippen MR) is 125 cm³/mol. The van der Waals surface area contributed by atoms with Crippen LogP contribution in [0.4, 0.5) is 16.2 Å². The Bertz CT molecular complexity index is 1040. The number of hydrogen-bond donors (Lipinski definition) is 1. The third kappa shape index (κ3) is 4.62. The molecular weight excluding hydrogens is 435 g/mol. The van der Waals surface area contributed by atoms with Crippen LogP contribution in [0.3, 0.4) is 0 Å². The van der Waals surface area contributed by atoms with Crippen LogP contribution in [0.15, 0.2) is 48.8 Å². The molecule has 1 N–H and O–H groups in total. The van der Waals surface area contributed by atoms with Gasteiger partial charge in [-0.05, 0) is 50.2 Å². The van der Waals surface area contributed by atoms with Crippen molar-refractivity contribution in [1.29, 1.82) is 0 Å². The average Bonchev–Trinajstić information content (AvgIpc) is 3.27. The van der Waals surface area contributed by atoms with E-state index in [0.717, 1.165) is 30.2 Å². The molecule has 2 aromatic carbocycles. The number of aromatic nitrogens is 3. The number of anilines is 2. The number of carbonyl (C=O) groups excluding carboxylic acids is 1. The number of nitrogens with one attached hydrogen (secondary N) is 1. The third-order valence-electron chi connectivity index (χ3n) is 5.31. The smallest absolute Gasteiger partial charge is 0.322 e. The number of para-hydroxylation sites is 1. The summed E-state index contributed by atoms with van der Waals surface area (Å²) in [6.07, 6.45) is 1.59. The molecule has 0 saturated carbocycles. The lowest BCUT2D eigenvalue weighted by atomic mass is 10.1. The van der Waals surface area contributed by atoms with Crippen molar-refractivity contribution in [2.75, 3.05) is 36.4 Å². The molecule has 1 saturated heterocycles. The maximum Gasteiger partial charge on any atom is 0.322 e. The molecule has 2 amide bonds. The van der Waals surface area contributed by atoms with Crippen molar-refractivity contribution in [3.63, 3.8) is 0 Å². The van der Waals surface area contributed by atoms with Crippen molar-refractivity contribution >= 4 is 40.6 Å². The zero-order chi connectivity index (χ0) is 22.0. The van der Waals surface area contributed by atoms with E-state index in [1.165, 1.54) is 0 Å². The molecule has 162 valence electrons. The monoisotopic (exact) mass is 458 g/mol. The van der Waals surface area contributed by atoms with Gasteiger partial charge in [-0.3, -0.25) is 0 Å². The summed E-state index contributed by atoms with van der Waals surface area (Å²) in [5.41, 5.74) is 2.60. The van der Waals surface area contributed by atoms with Gasteiger partial charge in [-0.2, -0.15) is 5.10 Å². The maximum absolute atomic E-state index is 12.6. The number of amides is 2. The fourth-order valence-electron chi connectivity index (χ4n) is 3.63. The minimum absolute atomic E-state index is 0.196. The molecule has 0 bridgehead atoms. The highest BCUT2D eigenvalue weighted by Gasteiger charge is 2.22. The van der Waals surface area contributed by atoms with Crippen molar-refractivity contribution in [3.8, 4) is 11.4 Å². The van der Waals surface area contributed by atoms with E-state index in [-0.39, 0.29) is 12.1 Å². The van der Waals surface area contributed by atoms with E-state index >= 15 is 0 Å². The molecule has 3 aromatic rings. The summed E-state index contributed by atoms with van der Waals surface area (Å²) in [5.74, 6) is 0.862. The highest BCUT2D eigenvalue weighted by molar-refractivity contribution is 6.39. The van der Waals surface area contributed by atoms with Crippen molar-refractivity contribution < 1.29 is 4.79 Å². The Balaban J connectivity index is 1.37. The molecule has 1 aliphatic rings. The van der Waals surface area contributed by atoms with Gasteiger partial charge < -0.3 is 15.1 Å². The van der Waals surface area contributed by atoms with E-state index in [0.29, 0.717) is 28.8 Å². The molecule has 0 unspecified atom stereocenters. The first-order valence-electron chi connectivity index (χ1n) is 10.2. The summed E-state index contributed by atoms with van der Waals surface area (Å²) in [6.45, 7) is 6.87. The summed E-state index contributed by atoms with van der Waals surface area (Å²) >= 11 is 12.3. The first kappa shape index (κ1) is 21.5. The van der Waals surface area contributed by atoms with Gasteiger partial charge in [0.2, 0.25) is 0 Å². The number of halogens is 2. The Hall–Kier alpha value is -2.77. The molecule has 0 atom stereocenters. The molecule has 0 aliphatic carbocycles. The van der Waals surface area contributed by atoms with Gasteiger partial charge >= 0.3 is 6.03 Å². The van der Waals surface area contributed by atoms with Crippen LogP contribution >= 0.6 is 23.2 Å². The molecule has 0 spiro atoms. The first-order chi connectivity index (χ1) is 14.9. The summed E-state index contributed by atoms with van der Waals surface area (Å²) in [6, 6.07) is 13.5. The van der Waals surface area contributed by atoms with Crippen LogP contribution < -0.4 is 10.2 Å². The van der Waals surface area contributed by atoms with Gasteiger partial charge in [0.25, 0.3) is 0 Å². The van der Waals surface area contributed by atoms with Crippen molar-refractivity contribution in [3.05, 3.63) is 58.8 Å². The van der Waals surface area contributed by atoms with E-state index in [9.17, 15) is 4.79 Å². The minimum atomic E-state index is -0.196. The maximum atomic E-state index is 12.6. The molecule has 2 heterocycles. The van der Waals surface area contributed by atoms with Gasteiger partial charge in [-0.1, -0.05) is 29.3 Å². The Morgan fingerprint density at radius 3 is 2.26 bits per heavy atom. The van der Waals surface area contributed by atoms with Gasteiger partial charge in [-0.15, -0.1) is 0 Å². The van der Waals surface area contributed by atoms with E-state index in [2.05, 4.69) is 58.4 Å². The number of carbonyl (C=O) groups is 1. The quantitative estimate of drug-likeness (QED) is 0.584. The van der Waals surface area contributed by atoms with E-state index in [1.807, 2.05) is 4.68 Å². The van der Waals surface area contributed by atoms with Crippen LogP contribution in [0, 0.1) is 0 Å². The van der Waals surface area contributed by atoms with Gasteiger partial charge in [-0.25, -0.2) is 14.5 Å². The standard InChI is InChI=1S/C22H24Cl2N6O/c1-15(2)30-21(25-14-26-30)16-6-8-17(9-7-16)28-10-12-29(13-11-28)22(31)27-20-18(23)4-3-5-19(20)24/h3-9,14-15H,10-13H2,1-2H3,(H,27,31). The molecular formula is C22H24Cl2N6O. The first-order valence-corrected chi connectivity index (χ1v) is 10.9. The third-order valence-corrected chi connectivity index (χ3v) is 5.94. The predicted octanol–water partition coefficient (Wildman–Crippen LogP) is 5.19. The summed E-state index contributed by atoms with van der Waals surface area (Å²) in [5, 5.41) is 7.98. The van der Waals surface area contributed by atoms with Crippen LogP contribution in [0.5, 0.6) is 0 Å². The van der Waals surface area contributed by atoms with Crippen molar-refractivity contribution in [1.82, 2.24) is 19.7 Å². The summed E-state index contributed by atoms with van der Waals surface area (Å²) < 4.78 is 1.91. The molecule has 0 radical (unpaired) electrons. The SMILES string of the molecule is CC(C)n1ncnc1-c1ccc(N2CCN(C(=O)Nc3c(Cl)cccc3Cl)CC2)cc1. The van der Waals surface area contributed by atoms with Crippen LogP contribution in [0.25, 0.3) is 11.4 Å². The zero-order valence-electron chi connectivity index (χ0n) is 17.4. The van der Waals surface area contributed by atoms with Crippen LogP contribution in [-0.4, -0.2) is 51.9 Å². The lowest BCUT2D eigenvalue weighted by Gasteiger charge is -2.36. The molecule has 1 fully saturated rings. The molecule has 7 nitrogen and oxygen atoms in total. The van der Waals surface area contributed by atoms with E-state index in [4.69, 9.17) is 23.2 Å². The highest BCUT2D eigenvalue weighted by atomic mass is 35.5. The van der Waals surface area contributed by atoms with Gasteiger partial charge in [0.1, 0.15) is 6.33 Å². The molecule has 1 aliphatic heterocycles. The Morgan fingerprint density at radius 2 is 1.65 bits per heavy atom. The lowest BCUT2D eigenvalue weighted by Crippen LogP contribution is -2.50. The number of urea groups is 1. The second kappa shape index (κ2) is 9.16. The number of benzene rings is 2. The highest BCUT2D eigenvalue weighted by Crippen LogP contribution is 2.30. The van der Waals surface area contributed by atoms with Crippen molar-refractivity contribution in [2.24, 2.45) is 0 Å². The average molecular weight is 459 g/mol. The molecule has 9 heteroatoms. The molecule has 1 aromatic heterocycles. The molecule has 31 heavy (non-hydrogen) atoms. The molecule has 4 rings (SSSR count). The number of piperazine rings is 1. The van der Waals surface area contributed by atoms with E-state index in [1.54, 1.807) is 29.4 Å². The fraction of sp³-hybridized carbons (Fsp3) is 0.318. The van der Waals surface area contributed by atoms with E-state index < -0.39 is 0 Å². The Labute approximate surface area is 191 Å². The Kier molecular flexibility index (Phi) is 6.34. The summed E-state index contributed by atoms with van der Waals surface area (Å²) in [4.78, 5) is 21.1. The minimum Gasteiger partial charge on any atom is -0.368 e. The van der Waals surface area contributed by atoms with Crippen LogP contribution in [0.1, 0.15) is 19.9 Å². The topological polar surface area (TPSA) is 66.3 Å². The summed E-state index contributed by atoms with van der Waals surface area (Å²) in [7, 11) is 0. The van der Waals surface area contributed by atoms with Gasteiger partial charge in [0, 0.05) is 43.5 Å². The lowest BCUT2D eigenvalue weighted by molar-refractivity contribution is 0.208. The normalized spacial score (nSPS) is 14.2. The second-order valence-electron chi connectivity index (χ2n) is 7.67. The van der Waals surface area contributed by atoms with Gasteiger partial charge in [0.15, 0.2) is 5.82 Å². The van der Waals surface area contributed by atoms with Crippen LogP contribution in [0.2, 0.25) is 10.0 Å². The number of rotatable bonds is 4. The Morgan fingerprint density at radius 1 is 1.00 bits per heavy atom. The largest absolute Gasteiger partial charge is 0.368 e. The van der Waals surface area contributed by atoms with Crippen LogP contribution in [-0.2, 0) is 0 Å². The second-order valence-corrected chi connectivity index (χ2v) is 8.48. The van der Waals surface area contributed by atoms with Crippen molar-refractivity contribution in [2.45, 2.75) is 19.9 Å².